The van der Waals surface area contributed by atoms with E-state index in [0.717, 1.165) is 31.2 Å². The quantitative estimate of drug-likeness (QED) is 0.605. The first-order valence-electron chi connectivity index (χ1n) is 10.2. The Hall–Kier alpha value is -3.42. The lowest BCUT2D eigenvalue weighted by molar-refractivity contribution is -0.124. The van der Waals surface area contributed by atoms with Crippen molar-refractivity contribution in [1.29, 1.82) is 0 Å². The Balaban J connectivity index is 1.26. The molecule has 0 unspecified atom stereocenters. The fourth-order valence-electron chi connectivity index (χ4n) is 3.70. The van der Waals surface area contributed by atoms with Crippen molar-refractivity contribution in [3.63, 3.8) is 0 Å². The molecule has 0 atom stereocenters. The first-order chi connectivity index (χ1) is 14.6. The fourth-order valence-corrected chi connectivity index (χ4v) is 3.70. The zero-order valence-corrected chi connectivity index (χ0v) is 16.6. The zero-order chi connectivity index (χ0) is 20.9. The van der Waals surface area contributed by atoms with Crippen molar-refractivity contribution < 1.29 is 14.3 Å². The van der Waals surface area contributed by atoms with E-state index in [-0.39, 0.29) is 30.7 Å². The molecule has 2 aromatic heterocycles. The predicted molar refractivity (Wildman–Crippen MR) is 110 cm³/mol. The van der Waals surface area contributed by atoms with Gasteiger partial charge in [-0.2, -0.15) is 0 Å². The molecule has 156 valence electrons. The summed E-state index contributed by atoms with van der Waals surface area (Å²) in [6.07, 6.45) is 5.83. The van der Waals surface area contributed by atoms with Gasteiger partial charge < -0.3 is 10.1 Å². The monoisotopic (exact) mass is 408 g/mol. The number of nitrogens with one attached hydrogen (secondary N) is 1. The number of rotatable bonds is 7. The van der Waals surface area contributed by atoms with Crippen LogP contribution in [-0.4, -0.2) is 32.7 Å². The molecule has 1 N–H and O–H groups in total. The van der Waals surface area contributed by atoms with Crippen LogP contribution in [0, 0.1) is 5.92 Å². The van der Waals surface area contributed by atoms with Crippen LogP contribution in [0.5, 0.6) is 0 Å². The van der Waals surface area contributed by atoms with Gasteiger partial charge in [0.2, 0.25) is 5.91 Å². The summed E-state index contributed by atoms with van der Waals surface area (Å²) < 4.78 is 7.98. The predicted octanol–water partition coefficient (Wildman–Crippen LogP) is 2.16. The summed E-state index contributed by atoms with van der Waals surface area (Å²) in [7, 11) is 0. The molecule has 1 aromatic carbocycles. The van der Waals surface area contributed by atoms with Crippen LogP contribution in [0.4, 0.5) is 0 Å². The van der Waals surface area contributed by atoms with E-state index >= 15 is 0 Å². The second-order valence-electron chi connectivity index (χ2n) is 7.47. The van der Waals surface area contributed by atoms with Gasteiger partial charge in [-0.15, -0.1) is 5.10 Å². The summed E-state index contributed by atoms with van der Waals surface area (Å²) in [5, 5.41) is 7.16. The normalized spacial score (nSPS) is 14.1. The minimum absolute atomic E-state index is 0.0435. The fraction of sp³-hybridized carbons (Fsp3) is 0.364. The molecule has 0 saturated heterocycles. The molecule has 1 saturated carbocycles. The lowest BCUT2D eigenvalue weighted by Crippen LogP contribution is -2.28. The summed E-state index contributed by atoms with van der Waals surface area (Å²) in [6.45, 7) is 0.667. The molecule has 2 heterocycles. The highest BCUT2D eigenvalue weighted by atomic mass is 16.5. The number of pyridine rings is 1. The molecule has 0 radical (unpaired) electrons. The van der Waals surface area contributed by atoms with Crippen molar-refractivity contribution in [2.45, 2.75) is 38.8 Å². The number of carbonyl (C=O) groups excluding carboxylic acids is 2. The van der Waals surface area contributed by atoms with Crippen LogP contribution < -0.4 is 11.0 Å². The highest BCUT2D eigenvalue weighted by Crippen LogP contribution is 2.24. The molecule has 3 aromatic rings. The number of benzene rings is 1. The first-order valence-corrected chi connectivity index (χ1v) is 10.2. The van der Waals surface area contributed by atoms with Crippen LogP contribution in [0.2, 0.25) is 0 Å². The number of aromatic nitrogens is 3. The zero-order valence-electron chi connectivity index (χ0n) is 16.6. The van der Waals surface area contributed by atoms with Crippen LogP contribution in [0.3, 0.4) is 0 Å². The van der Waals surface area contributed by atoms with Gasteiger partial charge in [0.25, 0.3) is 0 Å². The molecule has 30 heavy (non-hydrogen) atoms. The maximum Gasteiger partial charge on any atom is 0.350 e. The lowest BCUT2D eigenvalue weighted by Gasteiger charge is -2.10. The minimum atomic E-state index is -0.464. The molecule has 1 aliphatic rings. The Labute approximate surface area is 173 Å². The van der Waals surface area contributed by atoms with E-state index in [4.69, 9.17) is 4.74 Å². The van der Waals surface area contributed by atoms with Crippen LogP contribution >= 0.6 is 0 Å². The summed E-state index contributed by atoms with van der Waals surface area (Å²) in [5.74, 6) is -0.216. The van der Waals surface area contributed by atoms with Gasteiger partial charge in [-0.25, -0.2) is 14.3 Å². The number of hydrogen-bond donors (Lipinski definition) is 1. The molecule has 1 amide bonds. The number of nitrogens with zero attached hydrogens (tertiary/aromatic N) is 3. The molecule has 1 fully saturated rings. The second-order valence-corrected chi connectivity index (χ2v) is 7.47. The van der Waals surface area contributed by atoms with E-state index in [1.54, 1.807) is 48.7 Å². The van der Waals surface area contributed by atoms with Gasteiger partial charge in [0.1, 0.15) is 6.61 Å². The Kier molecular flexibility index (Phi) is 5.92. The van der Waals surface area contributed by atoms with E-state index in [2.05, 4.69) is 10.4 Å². The highest BCUT2D eigenvalue weighted by molar-refractivity contribution is 5.89. The van der Waals surface area contributed by atoms with Crippen molar-refractivity contribution in [3.05, 3.63) is 70.3 Å². The van der Waals surface area contributed by atoms with Gasteiger partial charge in [-0.3, -0.25) is 9.20 Å². The third-order valence-corrected chi connectivity index (χ3v) is 5.41. The van der Waals surface area contributed by atoms with E-state index in [9.17, 15) is 14.4 Å². The van der Waals surface area contributed by atoms with Crippen molar-refractivity contribution in [1.82, 2.24) is 19.5 Å². The molecule has 8 heteroatoms. The Morgan fingerprint density at radius 2 is 1.87 bits per heavy atom. The average molecular weight is 408 g/mol. The van der Waals surface area contributed by atoms with Crippen LogP contribution in [0.15, 0.2) is 53.5 Å². The van der Waals surface area contributed by atoms with Crippen molar-refractivity contribution in [2.24, 2.45) is 5.92 Å². The van der Waals surface area contributed by atoms with E-state index in [1.807, 2.05) is 0 Å². The average Bonchev–Trinajstić information content (AvgIpc) is 3.42. The van der Waals surface area contributed by atoms with Crippen molar-refractivity contribution in [2.75, 3.05) is 6.61 Å². The number of hydrogen-bond acceptors (Lipinski definition) is 5. The van der Waals surface area contributed by atoms with Crippen LogP contribution in [-0.2, 0) is 22.6 Å². The molecule has 4 rings (SSSR count). The maximum atomic E-state index is 12.2. The standard InChI is InChI=1S/C22H24N4O4/c27-20(17-5-1-2-6-17)23-15-16-8-10-18(11-9-16)21(28)30-14-13-26-22(29)25-12-4-3-7-19(25)24-26/h3-4,7-12,17H,1-2,5-6,13-15H2,(H,23,27). The molecular formula is C22H24N4O4. The van der Waals surface area contributed by atoms with Gasteiger partial charge in [-0.05, 0) is 42.7 Å². The summed E-state index contributed by atoms with van der Waals surface area (Å²) in [5.41, 5.74) is 1.62. The first kappa shape index (κ1) is 19.9. The molecule has 0 bridgehead atoms. The number of ether oxygens (including phenoxy) is 1. The van der Waals surface area contributed by atoms with Gasteiger partial charge in [-0.1, -0.05) is 31.0 Å². The number of amides is 1. The minimum Gasteiger partial charge on any atom is -0.460 e. The maximum absolute atomic E-state index is 12.2. The second kappa shape index (κ2) is 8.94. The van der Waals surface area contributed by atoms with E-state index in [0.29, 0.717) is 17.8 Å². The Morgan fingerprint density at radius 3 is 2.60 bits per heavy atom. The van der Waals surface area contributed by atoms with Crippen LogP contribution in [0.1, 0.15) is 41.6 Å². The Bertz CT molecular complexity index is 1090. The molecular weight excluding hydrogens is 384 g/mol. The summed E-state index contributed by atoms with van der Waals surface area (Å²) >= 11 is 0. The van der Waals surface area contributed by atoms with Gasteiger partial charge in [0, 0.05) is 18.7 Å². The smallest absolute Gasteiger partial charge is 0.350 e. The summed E-state index contributed by atoms with van der Waals surface area (Å²) in [4.78, 5) is 36.5. The SMILES string of the molecule is O=C(OCCn1nc2ccccn2c1=O)c1ccc(CNC(=O)C2CCCC2)cc1. The topological polar surface area (TPSA) is 94.7 Å². The third-order valence-electron chi connectivity index (χ3n) is 5.41. The van der Waals surface area contributed by atoms with Gasteiger partial charge in [0.05, 0.1) is 12.1 Å². The van der Waals surface area contributed by atoms with Crippen LogP contribution in [0.25, 0.3) is 5.65 Å². The molecule has 0 spiro atoms. The molecule has 1 aliphatic carbocycles. The summed E-state index contributed by atoms with van der Waals surface area (Å²) in [6, 6.07) is 12.3. The van der Waals surface area contributed by atoms with Gasteiger partial charge in [0.15, 0.2) is 5.65 Å². The lowest BCUT2D eigenvalue weighted by atomic mass is 10.1. The third kappa shape index (κ3) is 4.42. The Morgan fingerprint density at radius 1 is 1.10 bits per heavy atom. The number of carbonyl (C=O) groups is 2. The van der Waals surface area contributed by atoms with Gasteiger partial charge >= 0.3 is 11.7 Å². The van der Waals surface area contributed by atoms with E-state index in [1.165, 1.54) is 9.08 Å². The number of esters is 1. The molecule has 8 nitrogen and oxygen atoms in total. The highest BCUT2D eigenvalue weighted by Gasteiger charge is 2.22. The van der Waals surface area contributed by atoms with Crippen molar-refractivity contribution >= 4 is 17.5 Å². The van der Waals surface area contributed by atoms with E-state index < -0.39 is 5.97 Å². The largest absolute Gasteiger partial charge is 0.460 e. The molecule has 0 aliphatic heterocycles. The van der Waals surface area contributed by atoms with Crippen molar-refractivity contribution in [3.8, 4) is 0 Å². The number of fused-ring (bicyclic) bond motifs is 1.